The lowest BCUT2D eigenvalue weighted by molar-refractivity contribution is 0.521. The molecule has 0 spiro atoms. The first-order valence-corrected chi connectivity index (χ1v) is 7.00. The molecule has 1 heterocycles. The van der Waals surface area contributed by atoms with Gasteiger partial charge in [0.05, 0.1) is 10.5 Å². The zero-order valence-corrected chi connectivity index (χ0v) is 12.7. The second kappa shape index (κ2) is 6.36. The Kier molecular flexibility index (Phi) is 4.77. The first-order chi connectivity index (χ1) is 9.54. The Morgan fingerprint density at radius 2 is 2.10 bits per heavy atom. The number of benzene rings is 1. The van der Waals surface area contributed by atoms with Crippen molar-refractivity contribution in [3.63, 3.8) is 0 Å². The van der Waals surface area contributed by atoms with Gasteiger partial charge in [0.15, 0.2) is 11.6 Å². The van der Waals surface area contributed by atoms with Crippen molar-refractivity contribution < 1.29 is 8.78 Å². The van der Waals surface area contributed by atoms with Crippen LogP contribution in [-0.4, -0.2) is 26.8 Å². The molecular weight excluding hydrogens is 332 g/mol. The van der Waals surface area contributed by atoms with Crippen LogP contribution in [0.1, 0.15) is 32.1 Å². The van der Waals surface area contributed by atoms with Gasteiger partial charge >= 0.3 is 0 Å². The van der Waals surface area contributed by atoms with Crippen LogP contribution in [0.2, 0.25) is 0 Å². The van der Waals surface area contributed by atoms with Crippen molar-refractivity contribution in [3.8, 4) is 5.69 Å². The molecule has 0 amide bonds. The number of rotatable bonds is 5. The Morgan fingerprint density at radius 3 is 2.80 bits per heavy atom. The third-order valence-corrected chi connectivity index (χ3v) is 3.41. The predicted octanol–water partition coefficient (Wildman–Crippen LogP) is 2.76. The zero-order valence-electron chi connectivity index (χ0n) is 11.1. The first-order valence-electron chi connectivity index (χ1n) is 6.21. The molecule has 2 rings (SSSR count). The molecular formula is C12H14BrF2N5. The van der Waals surface area contributed by atoms with Gasteiger partial charge in [-0.2, -0.15) is 4.68 Å². The number of nitrogens with one attached hydrogen (secondary N) is 1. The van der Waals surface area contributed by atoms with Gasteiger partial charge in [-0.1, -0.05) is 6.92 Å². The van der Waals surface area contributed by atoms with Crippen molar-refractivity contribution in [3.05, 3.63) is 34.1 Å². The molecule has 1 aromatic carbocycles. The fourth-order valence-corrected chi connectivity index (χ4v) is 2.09. The minimum Gasteiger partial charge on any atom is -0.307 e. The van der Waals surface area contributed by atoms with Crippen LogP contribution in [0.25, 0.3) is 5.69 Å². The van der Waals surface area contributed by atoms with Crippen molar-refractivity contribution in [1.29, 1.82) is 0 Å². The summed E-state index contributed by atoms with van der Waals surface area (Å²) >= 11 is 3.03. The average molecular weight is 346 g/mol. The zero-order chi connectivity index (χ0) is 14.7. The predicted molar refractivity (Wildman–Crippen MR) is 73.5 cm³/mol. The highest BCUT2D eigenvalue weighted by Crippen LogP contribution is 2.24. The summed E-state index contributed by atoms with van der Waals surface area (Å²) in [5.74, 6) is -0.921. The second-order valence-corrected chi connectivity index (χ2v) is 5.20. The third kappa shape index (κ3) is 3.01. The van der Waals surface area contributed by atoms with Gasteiger partial charge in [-0.05, 0) is 52.3 Å². The molecule has 0 saturated carbocycles. The quantitative estimate of drug-likeness (QED) is 0.846. The van der Waals surface area contributed by atoms with Crippen LogP contribution in [0.4, 0.5) is 8.78 Å². The Balaban J connectivity index is 2.39. The summed E-state index contributed by atoms with van der Waals surface area (Å²) in [5.41, 5.74) is 0.100. The van der Waals surface area contributed by atoms with Crippen LogP contribution in [0.15, 0.2) is 16.6 Å². The molecule has 1 unspecified atom stereocenters. The summed E-state index contributed by atoms with van der Waals surface area (Å²) in [6, 6.07) is 1.97. The van der Waals surface area contributed by atoms with Crippen LogP contribution in [-0.2, 0) is 0 Å². The Hall–Kier alpha value is -1.41. The molecule has 0 aliphatic heterocycles. The van der Waals surface area contributed by atoms with E-state index in [1.807, 2.05) is 13.8 Å². The van der Waals surface area contributed by atoms with Crippen molar-refractivity contribution in [1.82, 2.24) is 25.5 Å². The maximum Gasteiger partial charge on any atom is 0.173 e. The summed E-state index contributed by atoms with van der Waals surface area (Å²) in [6.07, 6.45) is 0.961. The molecule has 0 saturated heterocycles. The second-order valence-electron chi connectivity index (χ2n) is 4.34. The monoisotopic (exact) mass is 345 g/mol. The first kappa shape index (κ1) is 15.0. The number of halogens is 3. The van der Waals surface area contributed by atoms with Crippen LogP contribution >= 0.6 is 15.9 Å². The summed E-state index contributed by atoms with van der Waals surface area (Å²) in [7, 11) is 0. The number of hydrogen-bond donors (Lipinski definition) is 1. The standard InChI is InChI=1S/C12H14BrF2N5/c1-3-4-16-7(2)12-17-18-19-20(12)11-5-8(13)9(14)6-10(11)15/h5-7,16H,3-4H2,1-2H3. The van der Waals surface area contributed by atoms with Crippen molar-refractivity contribution in [2.24, 2.45) is 0 Å². The Labute approximate surface area is 123 Å². The molecule has 0 aliphatic rings. The molecule has 108 valence electrons. The molecule has 1 N–H and O–H groups in total. The normalized spacial score (nSPS) is 12.7. The summed E-state index contributed by atoms with van der Waals surface area (Å²) in [4.78, 5) is 0. The van der Waals surface area contributed by atoms with Gasteiger partial charge in [0.25, 0.3) is 0 Å². The Morgan fingerprint density at radius 1 is 1.35 bits per heavy atom. The van der Waals surface area contributed by atoms with Gasteiger partial charge in [-0.3, -0.25) is 0 Å². The Bertz CT molecular complexity index is 602. The molecule has 8 heteroatoms. The van der Waals surface area contributed by atoms with Gasteiger partial charge in [0.1, 0.15) is 11.5 Å². The number of hydrogen-bond acceptors (Lipinski definition) is 4. The van der Waals surface area contributed by atoms with Gasteiger partial charge in [0, 0.05) is 6.07 Å². The lowest BCUT2D eigenvalue weighted by Crippen LogP contribution is -2.23. The van der Waals surface area contributed by atoms with Crippen molar-refractivity contribution in [2.75, 3.05) is 6.54 Å². The van der Waals surface area contributed by atoms with E-state index in [1.165, 1.54) is 10.7 Å². The van der Waals surface area contributed by atoms with E-state index in [1.54, 1.807) is 0 Å². The van der Waals surface area contributed by atoms with Crippen molar-refractivity contribution >= 4 is 15.9 Å². The minimum atomic E-state index is -0.720. The highest BCUT2D eigenvalue weighted by Gasteiger charge is 2.19. The van der Waals surface area contributed by atoms with Crippen LogP contribution < -0.4 is 5.32 Å². The van der Waals surface area contributed by atoms with E-state index < -0.39 is 11.6 Å². The van der Waals surface area contributed by atoms with Crippen LogP contribution in [0, 0.1) is 11.6 Å². The van der Waals surface area contributed by atoms with Crippen LogP contribution in [0.3, 0.4) is 0 Å². The SMILES string of the molecule is CCCNC(C)c1nnnn1-c1cc(Br)c(F)cc1F. The largest absolute Gasteiger partial charge is 0.307 e. The number of tetrazole rings is 1. The van der Waals surface area contributed by atoms with E-state index in [4.69, 9.17) is 0 Å². The molecule has 2 aromatic rings. The molecule has 1 aromatic heterocycles. The van der Waals surface area contributed by atoms with E-state index >= 15 is 0 Å². The van der Waals surface area contributed by atoms with Gasteiger partial charge in [-0.25, -0.2) is 8.78 Å². The highest BCUT2D eigenvalue weighted by atomic mass is 79.9. The lowest BCUT2D eigenvalue weighted by Gasteiger charge is -2.13. The van der Waals surface area contributed by atoms with E-state index in [-0.39, 0.29) is 16.2 Å². The minimum absolute atomic E-state index is 0.100. The smallest absolute Gasteiger partial charge is 0.173 e. The maximum absolute atomic E-state index is 13.9. The molecule has 5 nitrogen and oxygen atoms in total. The summed E-state index contributed by atoms with van der Waals surface area (Å²) in [5, 5.41) is 14.5. The van der Waals surface area contributed by atoms with E-state index in [9.17, 15) is 8.78 Å². The van der Waals surface area contributed by atoms with Gasteiger partial charge < -0.3 is 5.32 Å². The topological polar surface area (TPSA) is 55.6 Å². The average Bonchev–Trinajstić information content (AvgIpc) is 2.89. The molecule has 0 radical (unpaired) electrons. The summed E-state index contributed by atoms with van der Waals surface area (Å²) in [6.45, 7) is 4.72. The summed E-state index contributed by atoms with van der Waals surface area (Å²) < 4.78 is 28.6. The molecule has 0 fully saturated rings. The molecule has 1 atom stereocenters. The molecule has 0 aliphatic carbocycles. The number of nitrogens with zero attached hydrogens (tertiary/aromatic N) is 4. The van der Waals surface area contributed by atoms with E-state index in [0.29, 0.717) is 5.82 Å². The number of aromatic nitrogens is 4. The van der Waals surface area contributed by atoms with Crippen LogP contribution in [0.5, 0.6) is 0 Å². The van der Waals surface area contributed by atoms with Gasteiger partial charge in [-0.15, -0.1) is 5.10 Å². The van der Waals surface area contributed by atoms with E-state index in [2.05, 4.69) is 36.8 Å². The molecule has 20 heavy (non-hydrogen) atoms. The third-order valence-electron chi connectivity index (χ3n) is 2.80. The van der Waals surface area contributed by atoms with E-state index in [0.717, 1.165) is 19.0 Å². The van der Waals surface area contributed by atoms with Crippen molar-refractivity contribution in [2.45, 2.75) is 26.3 Å². The highest BCUT2D eigenvalue weighted by molar-refractivity contribution is 9.10. The molecule has 0 bridgehead atoms. The lowest BCUT2D eigenvalue weighted by atomic mass is 10.2. The maximum atomic E-state index is 13.9. The van der Waals surface area contributed by atoms with Gasteiger partial charge in [0.2, 0.25) is 0 Å². The fourth-order valence-electron chi connectivity index (χ4n) is 1.76. The fraction of sp³-hybridized carbons (Fsp3) is 0.417.